The van der Waals surface area contributed by atoms with Gasteiger partial charge < -0.3 is 5.32 Å². The molecule has 0 spiro atoms. The number of halogens is 1. The van der Waals surface area contributed by atoms with Crippen LogP contribution in [0.1, 0.15) is 31.0 Å². The lowest BCUT2D eigenvalue weighted by atomic mass is 10.1. The van der Waals surface area contributed by atoms with Crippen LogP contribution in [0.4, 0.5) is 0 Å². The van der Waals surface area contributed by atoms with Crippen LogP contribution in [0.5, 0.6) is 0 Å². The average molecular weight is 350 g/mol. The van der Waals surface area contributed by atoms with E-state index in [0.717, 1.165) is 11.0 Å². The molecule has 0 aliphatic heterocycles. The van der Waals surface area contributed by atoms with Gasteiger partial charge >= 0.3 is 0 Å². The van der Waals surface area contributed by atoms with Crippen molar-refractivity contribution in [2.45, 2.75) is 36.6 Å². The van der Waals surface area contributed by atoms with Crippen molar-refractivity contribution in [3.8, 4) is 0 Å². The molecule has 0 heterocycles. The first-order chi connectivity index (χ1) is 9.60. The molecule has 0 aromatic heterocycles. The van der Waals surface area contributed by atoms with Crippen LogP contribution in [0.3, 0.4) is 0 Å². The van der Waals surface area contributed by atoms with Crippen molar-refractivity contribution in [2.24, 2.45) is 0 Å². The molecule has 0 aliphatic carbocycles. The van der Waals surface area contributed by atoms with Gasteiger partial charge in [-0.05, 0) is 56.3 Å². The maximum absolute atomic E-state index is 3.58. The van der Waals surface area contributed by atoms with E-state index in [-0.39, 0.29) is 0 Å². The molecule has 1 atom stereocenters. The molecule has 0 bridgehead atoms. The van der Waals surface area contributed by atoms with Gasteiger partial charge in [-0.3, -0.25) is 0 Å². The van der Waals surface area contributed by atoms with Crippen molar-refractivity contribution in [2.75, 3.05) is 6.54 Å². The second kappa shape index (κ2) is 7.30. The van der Waals surface area contributed by atoms with Crippen molar-refractivity contribution in [3.63, 3.8) is 0 Å². The Kier molecular flexibility index (Phi) is 5.70. The SMILES string of the molecule is CCNC(C)c1cc(Br)ccc1Sc1cccc(C)c1. The van der Waals surface area contributed by atoms with Gasteiger partial charge in [-0.15, -0.1) is 0 Å². The van der Waals surface area contributed by atoms with E-state index in [1.165, 1.54) is 20.9 Å². The van der Waals surface area contributed by atoms with Gasteiger partial charge in [-0.25, -0.2) is 0 Å². The lowest BCUT2D eigenvalue weighted by molar-refractivity contribution is 0.589. The lowest BCUT2D eigenvalue weighted by Gasteiger charge is -2.17. The molecule has 1 N–H and O–H groups in total. The van der Waals surface area contributed by atoms with Gasteiger partial charge in [-0.2, -0.15) is 0 Å². The fourth-order valence-corrected chi connectivity index (χ4v) is 3.69. The first-order valence-electron chi connectivity index (χ1n) is 6.87. The normalized spacial score (nSPS) is 12.4. The summed E-state index contributed by atoms with van der Waals surface area (Å²) in [6.45, 7) is 7.46. The number of hydrogen-bond donors (Lipinski definition) is 1. The highest BCUT2D eigenvalue weighted by Gasteiger charge is 2.11. The van der Waals surface area contributed by atoms with E-state index in [2.05, 4.69) is 84.5 Å². The first kappa shape index (κ1) is 15.6. The summed E-state index contributed by atoms with van der Waals surface area (Å²) in [7, 11) is 0. The lowest BCUT2D eigenvalue weighted by Crippen LogP contribution is -2.18. The molecule has 0 radical (unpaired) electrons. The number of nitrogens with one attached hydrogen (secondary N) is 1. The van der Waals surface area contributed by atoms with Gasteiger partial charge in [0.05, 0.1) is 0 Å². The van der Waals surface area contributed by atoms with Crippen molar-refractivity contribution in [3.05, 3.63) is 58.1 Å². The topological polar surface area (TPSA) is 12.0 Å². The van der Waals surface area contributed by atoms with Crippen LogP contribution in [-0.4, -0.2) is 6.54 Å². The second-order valence-corrected chi connectivity index (χ2v) is 6.91. The highest BCUT2D eigenvalue weighted by Crippen LogP contribution is 2.35. The summed E-state index contributed by atoms with van der Waals surface area (Å²) in [5, 5.41) is 3.49. The van der Waals surface area contributed by atoms with E-state index in [1.807, 2.05) is 11.8 Å². The van der Waals surface area contributed by atoms with Crippen LogP contribution in [0.25, 0.3) is 0 Å². The minimum absolute atomic E-state index is 0.352. The summed E-state index contributed by atoms with van der Waals surface area (Å²) < 4.78 is 1.13. The van der Waals surface area contributed by atoms with E-state index in [4.69, 9.17) is 0 Å². The highest BCUT2D eigenvalue weighted by molar-refractivity contribution is 9.10. The van der Waals surface area contributed by atoms with Crippen LogP contribution >= 0.6 is 27.7 Å². The van der Waals surface area contributed by atoms with Gasteiger partial charge in [0, 0.05) is 20.3 Å². The molecular weight excluding hydrogens is 330 g/mol. The third-order valence-electron chi connectivity index (χ3n) is 3.17. The summed E-state index contributed by atoms with van der Waals surface area (Å²) in [5.41, 5.74) is 2.64. The Bertz CT molecular complexity index is 583. The molecule has 20 heavy (non-hydrogen) atoms. The van der Waals surface area contributed by atoms with E-state index >= 15 is 0 Å². The zero-order chi connectivity index (χ0) is 14.5. The van der Waals surface area contributed by atoms with Crippen LogP contribution in [0.2, 0.25) is 0 Å². The van der Waals surface area contributed by atoms with Crippen molar-refractivity contribution in [1.29, 1.82) is 0 Å². The van der Waals surface area contributed by atoms with Gasteiger partial charge in [0.1, 0.15) is 0 Å². The largest absolute Gasteiger partial charge is 0.310 e. The molecule has 3 heteroatoms. The predicted octanol–water partition coefficient (Wildman–Crippen LogP) is 5.58. The van der Waals surface area contributed by atoms with E-state index in [0.29, 0.717) is 6.04 Å². The summed E-state index contributed by atoms with van der Waals surface area (Å²) in [5.74, 6) is 0. The number of benzene rings is 2. The predicted molar refractivity (Wildman–Crippen MR) is 91.5 cm³/mol. The Hall–Kier alpha value is -0.770. The Morgan fingerprint density at radius 2 is 2.00 bits per heavy atom. The maximum atomic E-state index is 3.58. The molecule has 0 aliphatic rings. The molecule has 1 unspecified atom stereocenters. The minimum atomic E-state index is 0.352. The molecule has 2 aromatic carbocycles. The molecule has 2 aromatic rings. The third kappa shape index (κ3) is 4.11. The van der Waals surface area contributed by atoms with Gasteiger partial charge in [-0.1, -0.05) is 52.3 Å². The Balaban J connectivity index is 2.31. The standard InChI is InChI=1S/C17H20BrNS/c1-4-19-13(3)16-11-14(18)8-9-17(16)20-15-7-5-6-12(2)10-15/h5-11,13,19H,4H2,1-3H3. The molecule has 0 saturated heterocycles. The number of hydrogen-bond acceptors (Lipinski definition) is 2. The Morgan fingerprint density at radius 3 is 2.70 bits per heavy atom. The molecular formula is C17H20BrNS. The van der Waals surface area contributed by atoms with E-state index in [9.17, 15) is 0 Å². The summed E-state index contributed by atoms with van der Waals surface area (Å²) >= 11 is 5.41. The van der Waals surface area contributed by atoms with Gasteiger partial charge in [0.15, 0.2) is 0 Å². The smallest absolute Gasteiger partial charge is 0.0303 e. The molecule has 2 rings (SSSR count). The van der Waals surface area contributed by atoms with Crippen LogP contribution < -0.4 is 5.32 Å². The van der Waals surface area contributed by atoms with Crippen molar-refractivity contribution >= 4 is 27.7 Å². The van der Waals surface area contributed by atoms with Crippen LogP contribution in [0.15, 0.2) is 56.7 Å². The zero-order valence-corrected chi connectivity index (χ0v) is 14.5. The number of aryl methyl sites for hydroxylation is 1. The molecule has 0 fully saturated rings. The fraction of sp³-hybridized carbons (Fsp3) is 0.294. The molecule has 1 nitrogen and oxygen atoms in total. The van der Waals surface area contributed by atoms with Crippen molar-refractivity contribution < 1.29 is 0 Å². The third-order valence-corrected chi connectivity index (χ3v) is 4.74. The molecule has 0 amide bonds. The summed E-state index contributed by atoms with van der Waals surface area (Å²) in [4.78, 5) is 2.60. The minimum Gasteiger partial charge on any atom is -0.310 e. The fourth-order valence-electron chi connectivity index (χ4n) is 2.17. The Labute approximate surface area is 134 Å². The average Bonchev–Trinajstić information content (AvgIpc) is 2.41. The van der Waals surface area contributed by atoms with E-state index in [1.54, 1.807) is 0 Å². The van der Waals surface area contributed by atoms with Crippen LogP contribution in [0, 0.1) is 6.92 Å². The highest BCUT2D eigenvalue weighted by atomic mass is 79.9. The monoisotopic (exact) mass is 349 g/mol. The van der Waals surface area contributed by atoms with Crippen LogP contribution in [-0.2, 0) is 0 Å². The zero-order valence-electron chi connectivity index (χ0n) is 12.1. The summed E-state index contributed by atoms with van der Waals surface area (Å²) in [6, 6.07) is 15.5. The quantitative estimate of drug-likeness (QED) is 0.756. The molecule has 0 saturated carbocycles. The number of rotatable bonds is 5. The molecule has 106 valence electrons. The maximum Gasteiger partial charge on any atom is 0.0303 e. The second-order valence-electron chi connectivity index (χ2n) is 4.88. The van der Waals surface area contributed by atoms with E-state index < -0.39 is 0 Å². The summed E-state index contributed by atoms with van der Waals surface area (Å²) in [6.07, 6.45) is 0. The first-order valence-corrected chi connectivity index (χ1v) is 8.48. The Morgan fingerprint density at radius 1 is 1.20 bits per heavy atom. The van der Waals surface area contributed by atoms with Crippen molar-refractivity contribution in [1.82, 2.24) is 5.32 Å². The van der Waals surface area contributed by atoms with Gasteiger partial charge in [0.25, 0.3) is 0 Å². The van der Waals surface area contributed by atoms with Gasteiger partial charge in [0.2, 0.25) is 0 Å².